The topological polar surface area (TPSA) is 85.0 Å². The molecule has 19 heavy (non-hydrogen) atoms. The number of nitrogens with one attached hydrogen (secondary N) is 2. The predicted molar refractivity (Wildman–Crippen MR) is 74.8 cm³/mol. The Morgan fingerprint density at radius 2 is 2.26 bits per heavy atom. The number of hydrogen-bond acceptors (Lipinski definition) is 4. The zero-order chi connectivity index (χ0) is 13.8. The van der Waals surface area contributed by atoms with Gasteiger partial charge >= 0.3 is 0 Å². The maximum atomic E-state index is 11.5. The van der Waals surface area contributed by atoms with E-state index in [0.717, 1.165) is 11.3 Å². The number of rotatable bonds is 4. The van der Waals surface area contributed by atoms with Crippen molar-refractivity contribution in [2.24, 2.45) is 7.05 Å². The molecule has 4 N–H and O–H groups in total. The minimum absolute atomic E-state index is 0.148. The largest absolute Gasteiger partial charge is 0.397 e. The predicted octanol–water partition coefficient (Wildman–Crippen LogP) is 0.974. The summed E-state index contributed by atoms with van der Waals surface area (Å²) in [5.41, 5.74) is 8.88. The second-order valence-electron chi connectivity index (χ2n) is 4.26. The van der Waals surface area contributed by atoms with E-state index in [0.29, 0.717) is 17.8 Å². The highest BCUT2D eigenvalue weighted by Gasteiger charge is 2.06. The van der Waals surface area contributed by atoms with Crippen molar-refractivity contribution in [1.29, 1.82) is 0 Å². The van der Waals surface area contributed by atoms with Crippen molar-refractivity contribution < 1.29 is 4.79 Å². The third-order valence-electron chi connectivity index (χ3n) is 2.78. The normalized spacial score (nSPS) is 10.2. The maximum Gasteiger partial charge on any atom is 0.251 e. The van der Waals surface area contributed by atoms with Crippen LogP contribution in [0.15, 0.2) is 30.6 Å². The lowest BCUT2D eigenvalue weighted by atomic mass is 10.1. The monoisotopic (exact) mass is 259 g/mol. The lowest BCUT2D eigenvalue weighted by Gasteiger charge is -2.09. The Kier molecular flexibility index (Phi) is 3.70. The first-order valence-electron chi connectivity index (χ1n) is 5.93. The van der Waals surface area contributed by atoms with Gasteiger partial charge in [0.05, 0.1) is 17.6 Å². The molecule has 1 heterocycles. The molecule has 2 rings (SSSR count). The lowest BCUT2D eigenvalue weighted by Crippen LogP contribution is -2.18. The van der Waals surface area contributed by atoms with Crippen LogP contribution in [0.25, 0.3) is 0 Å². The van der Waals surface area contributed by atoms with Gasteiger partial charge in [0.25, 0.3) is 5.91 Å². The number of nitrogen functional groups attached to an aromatic ring is 1. The molecule has 0 fully saturated rings. The second-order valence-corrected chi connectivity index (χ2v) is 4.26. The minimum atomic E-state index is -0.148. The number of benzene rings is 1. The summed E-state index contributed by atoms with van der Waals surface area (Å²) in [6.07, 6.45) is 3.73. The van der Waals surface area contributed by atoms with Crippen molar-refractivity contribution in [3.63, 3.8) is 0 Å². The van der Waals surface area contributed by atoms with Gasteiger partial charge in [-0.1, -0.05) is 0 Å². The van der Waals surface area contributed by atoms with Gasteiger partial charge in [-0.2, -0.15) is 5.10 Å². The number of nitrogens with two attached hydrogens (primary N) is 1. The average molecular weight is 259 g/mol. The summed E-state index contributed by atoms with van der Waals surface area (Å²) in [4.78, 5) is 11.5. The molecule has 0 aliphatic rings. The van der Waals surface area contributed by atoms with Crippen LogP contribution in [0.2, 0.25) is 0 Å². The molecule has 6 heteroatoms. The summed E-state index contributed by atoms with van der Waals surface area (Å²) in [6.45, 7) is 0.636. The zero-order valence-electron chi connectivity index (χ0n) is 11.0. The number of aryl methyl sites for hydroxylation is 1. The standard InChI is InChI=1S/C13H17N5O/c1-15-13(19)10-3-4-12(11(14)5-10)16-6-9-7-17-18(2)8-9/h3-5,7-8,16H,6,14H2,1-2H3,(H,15,19). The smallest absolute Gasteiger partial charge is 0.251 e. The molecular weight excluding hydrogens is 242 g/mol. The molecule has 0 spiro atoms. The number of carbonyl (C=O) groups excluding carboxylic acids is 1. The number of aromatic nitrogens is 2. The Morgan fingerprint density at radius 1 is 1.47 bits per heavy atom. The highest BCUT2D eigenvalue weighted by Crippen LogP contribution is 2.20. The molecule has 0 saturated heterocycles. The Morgan fingerprint density at radius 3 is 2.84 bits per heavy atom. The summed E-state index contributed by atoms with van der Waals surface area (Å²) < 4.78 is 1.75. The van der Waals surface area contributed by atoms with Gasteiger partial charge in [-0.15, -0.1) is 0 Å². The second kappa shape index (κ2) is 5.43. The molecule has 1 aromatic heterocycles. The number of nitrogens with zero attached hydrogens (tertiary/aromatic N) is 2. The van der Waals surface area contributed by atoms with E-state index >= 15 is 0 Å². The van der Waals surface area contributed by atoms with E-state index in [1.807, 2.05) is 13.2 Å². The minimum Gasteiger partial charge on any atom is -0.397 e. The first-order valence-corrected chi connectivity index (χ1v) is 5.93. The first kappa shape index (κ1) is 12.9. The zero-order valence-corrected chi connectivity index (χ0v) is 11.0. The Labute approximate surface area is 111 Å². The van der Waals surface area contributed by atoms with E-state index in [9.17, 15) is 4.79 Å². The quantitative estimate of drug-likeness (QED) is 0.714. The first-order chi connectivity index (χ1) is 9.10. The van der Waals surface area contributed by atoms with Gasteiger partial charge in [-0.05, 0) is 18.2 Å². The van der Waals surface area contributed by atoms with E-state index in [-0.39, 0.29) is 5.91 Å². The summed E-state index contributed by atoms with van der Waals surface area (Å²) in [5, 5.41) is 9.87. The van der Waals surface area contributed by atoms with Gasteiger partial charge in [-0.25, -0.2) is 0 Å². The highest BCUT2D eigenvalue weighted by molar-refractivity contribution is 5.95. The van der Waals surface area contributed by atoms with Crippen molar-refractivity contribution in [3.05, 3.63) is 41.7 Å². The molecule has 0 saturated carbocycles. The van der Waals surface area contributed by atoms with Crippen molar-refractivity contribution in [1.82, 2.24) is 15.1 Å². The van der Waals surface area contributed by atoms with Crippen LogP contribution >= 0.6 is 0 Å². The molecule has 6 nitrogen and oxygen atoms in total. The summed E-state index contributed by atoms with van der Waals surface area (Å²) >= 11 is 0. The fraction of sp³-hybridized carbons (Fsp3) is 0.231. The van der Waals surface area contributed by atoms with Crippen LogP contribution < -0.4 is 16.4 Å². The highest BCUT2D eigenvalue weighted by atomic mass is 16.1. The van der Waals surface area contributed by atoms with Gasteiger partial charge in [0.1, 0.15) is 0 Å². The van der Waals surface area contributed by atoms with Gasteiger partial charge in [0.15, 0.2) is 0 Å². The van der Waals surface area contributed by atoms with Gasteiger partial charge < -0.3 is 16.4 Å². The Bertz CT molecular complexity index is 590. The van der Waals surface area contributed by atoms with Crippen LogP contribution in [0.1, 0.15) is 15.9 Å². The number of anilines is 2. The van der Waals surface area contributed by atoms with E-state index in [1.165, 1.54) is 0 Å². The average Bonchev–Trinajstić information content (AvgIpc) is 2.82. The third kappa shape index (κ3) is 3.04. The third-order valence-corrected chi connectivity index (χ3v) is 2.78. The number of carbonyl (C=O) groups is 1. The molecule has 0 bridgehead atoms. The van der Waals surface area contributed by atoms with E-state index in [1.54, 1.807) is 36.1 Å². The number of amides is 1. The van der Waals surface area contributed by atoms with Crippen LogP contribution in [0.3, 0.4) is 0 Å². The Hall–Kier alpha value is -2.50. The molecule has 0 atom stereocenters. The molecule has 0 unspecified atom stereocenters. The molecular formula is C13H17N5O. The summed E-state index contributed by atoms with van der Waals surface area (Å²) in [6, 6.07) is 5.20. The molecule has 1 amide bonds. The summed E-state index contributed by atoms with van der Waals surface area (Å²) in [5.74, 6) is -0.148. The van der Waals surface area contributed by atoms with Gasteiger partial charge in [-0.3, -0.25) is 9.48 Å². The molecule has 1 aromatic carbocycles. The summed E-state index contributed by atoms with van der Waals surface area (Å²) in [7, 11) is 3.46. The van der Waals surface area contributed by atoms with Crippen LogP contribution in [0.4, 0.5) is 11.4 Å². The molecule has 0 radical (unpaired) electrons. The van der Waals surface area contributed by atoms with Crippen LogP contribution in [0, 0.1) is 0 Å². The fourth-order valence-corrected chi connectivity index (χ4v) is 1.77. The van der Waals surface area contributed by atoms with Crippen molar-refractivity contribution in [2.75, 3.05) is 18.1 Å². The van der Waals surface area contributed by atoms with Crippen molar-refractivity contribution in [2.45, 2.75) is 6.54 Å². The van der Waals surface area contributed by atoms with Crippen molar-refractivity contribution >= 4 is 17.3 Å². The molecule has 0 aliphatic carbocycles. The van der Waals surface area contributed by atoms with Gasteiger partial charge in [0.2, 0.25) is 0 Å². The van der Waals surface area contributed by atoms with Gasteiger partial charge in [0, 0.05) is 38.0 Å². The van der Waals surface area contributed by atoms with Crippen LogP contribution in [0.5, 0.6) is 0 Å². The van der Waals surface area contributed by atoms with E-state index < -0.39 is 0 Å². The van der Waals surface area contributed by atoms with Crippen LogP contribution in [-0.2, 0) is 13.6 Å². The fourth-order valence-electron chi connectivity index (χ4n) is 1.77. The SMILES string of the molecule is CNC(=O)c1ccc(NCc2cnn(C)c2)c(N)c1. The van der Waals surface area contributed by atoms with E-state index in [4.69, 9.17) is 5.73 Å². The van der Waals surface area contributed by atoms with E-state index in [2.05, 4.69) is 15.7 Å². The maximum absolute atomic E-state index is 11.5. The molecule has 0 aliphatic heterocycles. The van der Waals surface area contributed by atoms with Crippen molar-refractivity contribution in [3.8, 4) is 0 Å². The van der Waals surface area contributed by atoms with Crippen LogP contribution in [-0.4, -0.2) is 22.7 Å². The molecule has 2 aromatic rings. The Balaban J connectivity index is 2.07. The lowest BCUT2D eigenvalue weighted by molar-refractivity contribution is 0.0963. The number of hydrogen-bond donors (Lipinski definition) is 3. The molecule has 100 valence electrons.